The number of carbonyl (C=O) groups excluding carboxylic acids is 1. The number of aromatic nitrogens is 2. The second-order valence-corrected chi connectivity index (χ2v) is 7.90. The van der Waals surface area contributed by atoms with Crippen LogP contribution in [0.1, 0.15) is 28.5 Å². The quantitative estimate of drug-likeness (QED) is 0.726. The predicted octanol–water partition coefficient (Wildman–Crippen LogP) is 2.77. The third kappa shape index (κ3) is 3.34. The van der Waals surface area contributed by atoms with Gasteiger partial charge in [0.05, 0.1) is 6.04 Å². The molecule has 0 aliphatic carbocycles. The number of hydrazine groups is 1. The lowest BCUT2D eigenvalue weighted by atomic mass is 9.84. The van der Waals surface area contributed by atoms with E-state index in [1.165, 1.54) is 16.7 Å². The third-order valence-electron chi connectivity index (χ3n) is 6.21. The van der Waals surface area contributed by atoms with E-state index in [1.807, 2.05) is 18.0 Å². The van der Waals surface area contributed by atoms with E-state index < -0.39 is 0 Å². The molecule has 3 unspecified atom stereocenters. The maximum Gasteiger partial charge on any atom is 0.272 e. The van der Waals surface area contributed by atoms with Gasteiger partial charge in [-0.05, 0) is 29.2 Å². The molecule has 0 spiro atoms. The standard InChI is InChI=1S/C23H25N5O/c1-27-21(11-13-24-27)23(29)28-14-12-20-19(15-28)22(26-25-20)18-9-7-17(8-10-18)16-5-3-2-4-6-16/h2-11,13,19-20,22,25-26H,12,14-15H2,1H3. The number of hydrogen-bond acceptors (Lipinski definition) is 4. The molecule has 2 aromatic carbocycles. The highest BCUT2D eigenvalue weighted by molar-refractivity contribution is 5.92. The lowest BCUT2D eigenvalue weighted by Gasteiger charge is -2.36. The number of fused-ring (bicyclic) bond motifs is 1. The van der Waals surface area contributed by atoms with Gasteiger partial charge in [-0.2, -0.15) is 5.10 Å². The number of carbonyl (C=O) groups is 1. The number of benzene rings is 2. The number of nitrogens with zero attached hydrogens (tertiary/aromatic N) is 3. The molecule has 29 heavy (non-hydrogen) atoms. The summed E-state index contributed by atoms with van der Waals surface area (Å²) in [6.45, 7) is 1.50. The fourth-order valence-corrected chi connectivity index (χ4v) is 4.58. The van der Waals surface area contributed by atoms with Gasteiger partial charge in [-0.1, -0.05) is 54.6 Å². The largest absolute Gasteiger partial charge is 0.337 e. The van der Waals surface area contributed by atoms with Gasteiger partial charge in [0.1, 0.15) is 5.69 Å². The number of amides is 1. The molecule has 2 aliphatic heterocycles. The zero-order chi connectivity index (χ0) is 19.8. The lowest BCUT2D eigenvalue weighted by molar-refractivity contribution is 0.0641. The minimum Gasteiger partial charge on any atom is -0.337 e. The zero-order valence-electron chi connectivity index (χ0n) is 16.5. The van der Waals surface area contributed by atoms with Crippen LogP contribution in [0.4, 0.5) is 0 Å². The molecule has 5 rings (SSSR count). The van der Waals surface area contributed by atoms with Gasteiger partial charge in [-0.25, -0.2) is 5.43 Å². The van der Waals surface area contributed by atoms with E-state index in [0.29, 0.717) is 17.7 Å². The van der Waals surface area contributed by atoms with Gasteiger partial charge in [-0.15, -0.1) is 0 Å². The highest BCUT2D eigenvalue weighted by Crippen LogP contribution is 2.35. The minimum atomic E-state index is 0.0634. The Balaban J connectivity index is 1.34. The van der Waals surface area contributed by atoms with E-state index in [-0.39, 0.29) is 11.9 Å². The molecule has 6 nitrogen and oxygen atoms in total. The molecule has 3 aromatic rings. The molecule has 0 saturated carbocycles. The molecule has 0 radical (unpaired) electrons. The molecule has 3 heterocycles. The number of likely N-dealkylation sites (tertiary alicyclic amines) is 1. The summed E-state index contributed by atoms with van der Waals surface area (Å²) in [5.41, 5.74) is 11.3. The first-order valence-electron chi connectivity index (χ1n) is 10.1. The molecular formula is C23H25N5O. The van der Waals surface area contributed by atoms with Crippen molar-refractivity contribution in [3.63, 3.8) is 0 Å². The van der Waals surface area contributed by atoms with Gasteiger partial charge in [0.15, 0.2) is 0 Å². The molecule has 2 aliphatic rings. The fourth-order valence-electron chi connectivity index (χ4n) is 4.58. The van der Waals surface area contributed by atoms with Crippen LogP contribution in [0.25, 0.3) is 11.1 Å². The molecule has 1 aromatic heterocycles. The fraction of sp³-hybridized carbons (Fsp3) is 0.304. The topological polar surface area (TPSA) is 62.2 Å². The van der Waals surface area contributed by atoms with Crippen molar-refractivity contribution in [2.24, 2.45) is 13.0 Å². The molecular weight excluding hydrogens is 362 g/mol. The Bertz CT molecular complexity index is 998. The van der Waals surface area contributed by atoms with Crippen molar-refractivity contribution in [1.82, 2.24) is 25.5 Å². The highest BCUT2D eigenvalue weighted by atomic mass is 16.2. The normalized spacial score (nSPS) is 23.8. The predicted molar refractivity (Wildman–Crippen MR) is 112 cm³/mol. The van der Waals surface area contributed by atoms with E-state index in [1.54, 1.807) is 16.9 Å². The maximum absolute atomic E-state index is 12.9. The summed E-state index contributed by atoms with van der Waals surface area (Å²) < 4.78 is 1.65. The number of rotatable bonds is 3. The first kappa shape index (κ1) is 18.1. The van der Waals surface area contributed by atoms with Crippen molar-refractivity contribution in [2.75, 3.05) is 13.1 Å². The molecule has 2 saturated heterocycles. The SMILES string of the molecule is Cn1nccc1C(=O)N1CCC2NNC(c3ccc(-c4ccccc4)cc3)C2C1. The molecule has 148 valence electrons. The van der Waals surface area contributed by atoms with Crippen LogP contribution in [0.15, 0.2) is 66.9 Å². The van der Waals surface area contributed by atoms with Crippen molar-refractivity contribution in [3.05, 3.63) is 78.1 Å². The first-order valence-corrected chi connectivity index (χ1v) is 10.1. The Kier molecular flexibility index (Phi) is 4.66. The first-order chi connectivity index (χ1) is 14.2. The molecule has 2 fully saturated rings. The van der Waals surface area contributed by atoms with Crippen LogP contribution in [-0.2, 0) is 7.05 Å². The molecule has 3 atom stereocenters. The van der Waals surface area contributed by atoms with E-state index in [9.17, 15) is 4.79 Å². The second kappa shape index (κ2) is 7.46. The Labute approximate surface area is 170 Å². The summed E-state index contributed by atoms with van der Waals surface area (Å²) in [5.74, 6) is 0.400. The Morgan fingerprint density at radius 1 is 1.00 bits per heavy atom. The van der Waals surface area contributed by atoms with Crippen molar-refractivity contribution < 1.29 is 4.79 Å². The summed E-state index contributed by atoms with van der Waals surface area (Å²) in [4.78, 5) is 14.9. The number of aryl methyl sites for hydroxylation is 1. The van der Waals surface area contributed by atoms with Crippen molar-refractivity contribution in [2.45, 2.75) is 18.5 Å². The molecule has 6 heteroatoms. The van der Waals surface area contributed by atoms with E-state index >= 15 is 0 Å². The van der Waals surface area contributed by atoms with Crippen molar-refractivity contribution in [3.8, 4) is 11.1 Å². The molecule has 0 bridgehead atoms. The minimum absolute atomic E-state index is 0.0634. The highest BCUT2D eigenvalue weighted by Gasteiger charge is 2.41. The second-order valence-electron chi connectivity index (χ2n) is 7.90. The maximum atomic E-state index is 12.9. The summed E-state index contributed by atoms with van der Waals surface area (Å²) in [7, 11) is 1.82. The van der Waals surface area contributed by atoms with Crippen molar-refractivity contribution in [1.29, 1.82) is 0 Å². The van der Waals surface area contributed by atoms with Crippen LogP contribution < -0.4 is 10.9 Å². The van der Waals surface area contributed by atoms with Crippen LogP contribution in [-0.4, -0.2) is 39.7 Å². The summed E-state index contributed by atoms with van der Waals surface area (Å²) in [6.07, 6.45) is 2.62. The number of nitrogens with one attached hydrogen (secondary N) is 2. The summed E-state index contributed by atoms with van der Waals surface area (Å²) in [5, 5.41) is 4.14. The van der Waals surface area contributed by atoms with E-state index in [2.05, 4.69) is 64.5 Å². The van der Waals surface area contributed by atoms with Gasteiger partial charge in [0.2, 0.25) is 0 Å². The van der Waals surface area contributed by atoms with Gasteiger partial charge in [-0.3, -0.25) is 14.9 Å². The summed E-state index contributed by atoms with van der Waals surface area (Å²) >= 11 is 0. The van der Waals surface area contributed by atoms with Gasteiger partial charge < -0.3 is 4.90 Å². The smallest absolute Gasteiger partial charge is 0.272 e. The Morgan fingerprint density at radius 3 is 2.48 bits per heavy atom. The van der Waals surface area contributed by atoms with Crippen LogP contribution >= 0.6 is 0 Å². The van der Waals surface area contributed by atoms with Gasteiger partial charge in [0, 0.05) is 38.3 Å². The lowest BCUT2D eigenvalue weighted by Crippen LogP contribution is -2.48. The zero-order valence-corrected chi connectivity index (χ0v) is 16.5. The third-order valence-corrected chi connectivity index (χ3v) is 6.21. The average molecular weight is 387 g/mol. The number of hydrogen-bond donors (Lipinski definition) is 2. The van der Waals surface area contributed by atoms with Gasteiger partial charge >= 0.3 is 0 Å². The van der Waals surface area contributed by atoms with E-state index in [4.69, 9.17) is 0 Å². The van der Waals surface area contributed by atoms with Crippen molar-refractivity contribution >= 4 is 5.91 Å². The Hall–Kier alpha value is -2.96. The van der Waals surface area contributed by atoms with Crippen LogP contribution in [0.5, 0.6) is 0 Å². The average Bonchev–Trinajstić information content (AvgIpc) is 3.39. The molecule has 2 N–H and O–H groups in total. The van der Waals surface area contributed by atoms with Crippen LogP contribution in [0.2, 0.25) is 0 Å². The Morgan fingerprint density at radius 2 is 1.76 bits per heavy atom. The van der Waals surface area contributed by atoms with Gasteiger partial charge in [0.25, 0.3) is 5.91 Å². The number of piperidine rings is 1. The monoisotopic (exact) mass is 387 g/mol. The van der Waals surface area contributed by atoms with Crippen LogP contribution in [0.3, 0.4) is 0 Å². The van der Waals surface area contributed by atoms with E-state index in [0.717, 1.165) is 19.5 Å². The van der Waals surface area contributed by atoms with Crippen LogP contribution in [0, 0.1) is 5.92 Å². The molecule has 1 amide bonds. The summed E-state index contributed by atoms with van der Waals surface area (Å²) in [6, 6.07) is 21.5.